The van der Waals surface area contributed by atoms with Crippen LogP contribution in [0.2, 0.25) is 51.9 Å². The van der Waals surface area contributed by atoms with Gasteiger partial charge >= 0.3 is 20.5 Å². The fourth-order valence-corrected chi connectivity index (χ4v) is 19.6. The maximum absolute atomic E-state index is 12.8. The molecule has 1 aromatic heterocycles. The van der Waals surface area contributed by atoms with Gasteiger partial charge in [0.15, 0.2) is 16.6 Å². The number of rotatable bonds is 17. The van der Waals surface area contributed by atoms with E-state index in [0.29, 0.717) is 46.9 Å². The highest BCUT2D eigenvalue weighted by Crippen LogP contribution is 2.27. The van der Waals surface area contributed by atoms with Gasteiger partial charge < -0.3 is 33.7 Å². The summed E-state index contributed by atoms with van der Waals surface area (Å²) in [6.45, 7) is 16.1. The lowest BCUT2D eigenvalue weighted by Gasteiger charge is -2.38. The molecule has 2 aromatic carbocycles. The molecule has 3 aromatic rings. The van der Waals surface area contributed by atoms with Gasteiger partial charge in [-0.25, -0.2) is 9.59 Å². The van der Waals surface area contributed by atoms with E-state index in [4.69, 9.17) is 17.7 Å². The van der Waals surface area contributed by atoms with Crippen LogP contribution >= 0.6 is 0 Å². The molecule has 0 atom stereocenters. The van der Waals surface area contributed by atoms with Gasteiger partial charge in [0.2, 0.25) is 17.8 Å². The number of anilines is 5. The number of benzene rings is 2. The van der Waals surface area contributed by atoms with Gasteiger partial charge in [0.1, 0.15) is 12.2 Å². The van der Waals surface area contributed by atoms with Crippen molar-refractivity contribution in [1.29, 1.82) is 0 Å². The zero-order valence-electron chi connectivity index (χ0n) is 33.3. The van der Waals surface area contributed by atoms with Gasteiger partial charge in [-0.2, -0.15) is 15.0 Å². The van der Waals surface area contributed by atoms with Crippen LogP contribution in [0.5, 0.6) is 0 Å². The van der Waals surface area contributed by atoms with Gasteiger partial charge in [0.25, 0.3) is 0 Å². The highest BCUT2D eigenvalue weighted by atomic mass is 28.5. The SMILES string of the molecule is C[Si](C)(C)O[Si](C)(CCCNc1nc(Nc2ccc(C(=O)OC3CCCCC3)cc2)nc(Nc2ccc(C(=O)OC3CCCCC3)cc2)n1)O[Si](C)(C)C. The molecule has 0 amide bonds. The summed E-state index contributed by atoms with van der Waals surface area (Å²) in [5, 5.41) is 9.92. The Bertz CT molecular complexity index is 1560. The quantitative estimate of drug-likeness (QED) is 0.0679. The number of aromatic nitrogens is 3. The number of hydrogen-bond donors (Lipinski definition) is 3. The molecule has 54 heavy (non-hydrogen) atoms. The summed E-state index contributed by atoms with van der Waals surface area (Å²) in [4.78, 5) is 39.6. The molecule has 15 heteroatoms. The Morgan fingerprint density at radius 1 is 0.593 bits per heavy atom. The van der Waals surface area contributed by atoms with Gasteiger partial charge in [-0.15, -0.1) is 0 Å². The number of carbonyl (C=O) groups excluding carboxylic acids is 2. The number of ether oxygens (including phenoxy) is 2. The van der Waals surface area contributed by atoms with Crippen molar-refractivity contribution >= 4 is 66.4 Å². The highest BCUT2D eigenvalue weighted by molar-refractivity contribution is 6.87. The molecule has 2 fully saturated rings. The van der Waals surface area contributed by atoms with Crippen molar-refractivity contribution < 1.29 is 27.3 Å². The third kappa shape index (κ3) is 13.9. The first-order valence-electron chi connectivity index (χ1n) is 19.7. The molecule has 0 spiro atoms. The molecule has 294 valence electrons. The minimum Gasteiger partial charge on any atom is -0.459 e. The monoisotopic (exact) mass is 792 g/mol. The molecule has 3 N–H and O–H groups in total. The summed E-state index contributed by atoms with van der Waals surface area (Å²) in [7, 11) is -6.01. The Hall–Kier alpha value is -3.64. The van der Waals surface area contributed by atoms with Crippen LogP contribution in [0.15, 0.2) is 48.5 Å². The van der Waals surface area contributed by atoms with E-state index in [1.165, 1.54) is 12.8 Å². The molecule has 0 saturated heterocycles. The van der Waals surface area contributed by atoms with Crippen LogP contribution in [0.3, 0.4) is 0 Å². The van der Waals surface area contributed by atoms with Crippen LogP contribution in [0.4, 0.5) is 29.2 Å². The normalized spacial score (nSPS) is 16.1. The second-order valence-corrected chi connectivity index (χ2v) is 29.5. The lowest BCUT2D eigenvalue weighted by Crippen LogP contribution is -2.52. The molecule has 2 aliphatic carbocycles. The van der Waals surface area contributed by atoms with E-state index in [9.17, 15) is 9.59 Å². The number of hydrogen-bond acceptors (Lipinski definition) is 12. The van der Waals surface area contributed by atoms with E-state index in [1.54, 1.807) is 24.3 Å². The minimum atomic E-state index is -2.39. The Kier molecular flexibility index (Phi) is 14.5. The van der Waals surface area contributed by atoms with E-state index in [0.717, 1.165) is 63.8 Å². The molecule has 2 saturated carbocycles. The fraction of sp³-hybridized carbons (Fsp3) is 0.564. The molecule has 0 bridgehead atoms. The van der Waals surface area contributed by atoms with Crippen LogP contribution in [0.1, 0.15) is 91.3 Å². The molecule has 0 aliphatic heterocycles. The molecule has 0 radical (unpaired) electrons. The zero-order valence-corrected chi connectivity index (χ0v) is 36.3. The standard InChI is InChI=1S/C39H60N6O6Si3/c1-52(2,3)50-54(7,51-53(4,5)6)28-14-27-40-37-43-38(41-31-23-19-29(20-24-31)35(46)48-33-15-10-8-11-16-33)45-39(44-37)42-32-25-21-30(22-26-32)36(47)49-34-17-12-9-13-18-34/h19-26,33-34H,8-18,27-28H2,1-7H3,(H3,40,41,42,43,44,45). The third-order valence-electron chi connectivity index (χ3n) is 9.18. The van der Waals surface area contributed by atoms with Crippen LogP contribution < -0.4 is 16.0 Å². The van der Waals surface area contributed by atoms with E-state index in [-0.39, 0.29) is 24.1 Å². The maximum Gasteiger partial charge on any atom is 0.338 e. The predicted octanol–water partition coefficient (Wildman–Crippen LogP) is 9.91. The molecule has 5 rings (SSSR count). The fourth-order valence-electron chi connectivity index (χ4n) is 7.04. The first-order valence-corrected chi connectivity index (χ1v) is 29.0. The number of carbonyl (C=O) groups is 2. The summed E-state index contributed by atoms with van der Waals surface area (Å²) in [6.07, 6.45) is 11.3. The summed E-state index contributed by atoms with van der Waals surface area (Å²) in [6, 6.07) is 15.1. The number of nitrogens with zero attached hydrogens (tertiary/aromatic N) is 3. The molecule has 0 unspecified atom stereocenters. The van der Waals surface area contributed by atoms with Crippen molar-refractivity contribution in [2.45, 2.75) is 135 Å². The lowest BCUT2D eigenvalue weighted by molar-refractivity contribution is 0.0202. The van der Waals surface area contributed by atoms with Crippen LogP contribution in [-0.4, -0.2) is 70.8 Å². The predicted molar refractivity (Wildman–Crippen MR) is 222 cm³/mol. The molecule has 12 nitrogen and oxygen atoms in total. The Labute approximate surface area is 324 Å². The Morgan fingerprint density at radius 3 is 1.37 bits per heavy atom. The second kappa shape index (κ2) is 18.8. The third-order valence-corrected chi connectivity index (χ3v) is 18.8. The Balaban J connectivity index is 1.28. The Morgan fingerprint density at radius 2 is 0.981 bits per heavy atom. The minimum absolute atomic E-state index is 0.00508. The van der Waals surface area contributed by atoms with Crippen LogP contribution in [-0.2, 0) is 17.7 Å². The second-order valence-electron chi connectivity index (χ2n) is 16.6. The van der Waals surface area contributed by atoms with Crippen molar-refractivity contribution in [3.05, 3.63) is 59.7 Å². The number of nitrogens with one attached hydrogen (secondary N) is 3. The van der Waals surface area contributed by atoms with Gasteiger partial charge in [-0.1, -0.05) is 12.8 Å². The first kappa shape index (κ1) is 41.5. The zero-order chi connectivity index (χ0) is 38.8. The highest BCUT2D eigenvalue weighted by Gasteiger charge is 2.39. The average Bonchev–Trinajstić information content (AvgIpc) is 3.10. The largest absolute Gasteiger partial charge is 0.459 e. The first-order chi connectivity index (χ1) is 25.6. The van der Waals surface area contributed by atoms with Gasteiger partial charge in [0, 0.05) is 17.9 Å². The summed E-state index contributed by atoms with van der Waals surface area (Å²) in [5.74, 6) is 0.442. The van der Waals surface area contributed by atoms with Crippen LogP contribution in [0, 0.1) is 0 Å². The molecular weight excluding hydrogens is 733 g/mol. The number of esters is 2. The van der Waals surface area contributed by atoms with E-state index >= 15 is 0 Å². The molecular formula is C39H60N6O6Si3. The topological polar surface area (TPSA) is 146 Å². The van der Waals surface area contributed by atoms with Gasteiger partial charge in [-0.3, -0.25) is 0 Å². The van der Waals surface area contributed by atoms with Crippen LogP contribution in [0.25, 0.3) is 0 Å². The van der Waals surface area contributed by atoms with Crippen molar-refractivity contribution in [3.63, 3.8) is 0 Å². The smallest absolute Gasteiger partial charge is 0.338 e. The summed E-state index contributed by atoms with van der Waals surface area (Å²) < 4.78 is 24.9. The van der Waals surface area contributed by atoms with Crippen molar-refractivity contribution in [2.75, 3.05) is 22.5 Å². The lowest BCUT2D eigenvalue weighted by atomic mass is 9.98. The van der Waals surface area contributed by atoms with Gasteiger partial charge in [-0.05, 0) is 158 Å². The van der Waals surface area contributed by atoms with Crippen molar-refractivity contribution in [1.82, 2.24) is 15.0 Å². The summed E-state index contributed by atoms with van der Waals surface area (Å²) in [5.41, 5.74) is 2.43. The van der Waals surface area contributed by atoms with E-state index in [2.05, 4.69) is 76.7 Å². The van der Waals surface area contributed by atoms with E-state index in [1.807, 2.05) is 24.3 Å². The van der Waals surface area contributed by atoms with E-state index < -0.39 is 25.2 Å². The average molecular weight is 793 g/mol. The molecule has 2 aliphatic rings. The maximum atomic E-state index is 12.8. The van der Waals surface area contributed by atoms with Crippen molar-refractivity contribution in [2.24, 2.45) is 0 Å². The van der Waals surface area contributed by atoms with Crippen molar-refractivity contribution in [3.8, 4) is 0 Å². The molecule has 1 heterocycles. The summed E-state index contributed by atoms with van der Waals surface area (Å²) >= 11 is 0. The van der Waals surface area contributed by atoms with Gasteiger partial charge in [0.05, 0.1) is 11.1 Å².